The van der Waals surface area contributed by atoms with Gasteiger partial charge in [0, 0.05) is 24.4 Å². The number of alkyl halides is 3. The van der Waals surface area contributed by atoms with Gasteiger partial charge in [0.2, 0.25) is 0 Å². The average molecular weight is 346 g/mol. The number of hydrogen-bond donors (Lipinski definition) is 3. The molecule has 0 aliphatic carbocycles. The third-order valence-electron chi connectivity index (χ3n) is 3.01. The molecule has 2 aromatic rings. The SMILES string of the molecule is O=C(NCc1ccc(C(F)(F)F)cc1)Nc1cc(F)c(O)c(F)c1. The van der Waals surface area contributed by atoms with Gasteiger partial charge in [0.05, 0.1) is 5.56 Å². The topological polar surface area (TPSA) is 61.4 Å². The van der Waals surface area contributed by atoms with Crippen molar-refractivity contribution >= 4 is 11.7 Å². The first-order valence-electron chi connectivity index (χ1n) is 6.56. The second-order valence-corrected chi connectivity index (χ2v) is 4.79. The van der Waals surface area contributed by atoms with Gasteiger partial charge in [-0.05, 0) is 17.7 Å². The van der Waals surface area contributed by atoms with Crippen LogP contribution in [0.1, 0.15) is 11.1 Å². The number of carbonyl (C=O) groups is 1. The van der Waals surface area contributed by atoms with Crippen LogP contribution in [-0.2, 0) is 12.7 Å². The fourth-order valence-electron chi connectivity index (χ4n) is 1.81. The molecule has 2 rings (SSSR count). The first-order valence-corrected chi connectivity index (χ1v) is 6.56. The van der Waals surface area contributed by atoms with Crippen molar-refractivity contribution in [3.63, 3.8) is 0 Å². The number of phenolic OH excluding ortho intramolecular Hbond substituents is 1. The Labute approximate surface area is 132 Å². The minimum absolute atomic E-state index is 0.0903. The molecule has 0 atom stereocenters. The Bertz CT molecular complexity index is 722. The van der Waals surface area contributed by atoms with E-state index in [0.717, 1.165) is 24.3 Å². The van der Waals surface area contributed by atoms with Crippen LogP contribution in [0.2, 0.25) is 0 Å². The number of hydrogen-bond acceptors (Lipinski definition) is 2. The molecule has 0 aliphatic heterocycles. The van der Waals surface area contributed by atoms with Crippen molar-refractivity contribution in [1.29, 1.82) is 0 Å². The van der Waals surface area contributed by atoms with E-state index >= 15 is 0 Å². The maximum Gasteiger partial charge on any atom is 0.416 e. The van der Waals surface area contributed by atoms with Crippen LogP contribution in [0, 0.1) is 11.6 Å². The fourth-order valence-corrected chi connectivity index (χ4v) is 1.81. The third-order valence-corrected chi connectivity index (χ3v) is 3.01. The van der Waals surface area contributed by atoms with Crippen molar-refractivity contribution in [3.8, 4) is 5.75 Å². The van der Waals surface area contributed by atoms with Crippen molar-refractivity contribution in [2.45, 2.75) is 12.7 Å². The number of phenols is 1. The van der Waals surface area contributed by atoms with Gasteiger partial charge in [0.25, 0.3) is 0 Å². The Morgan fingerprint density at radius 1 is 1.04 bits per heavy atom. The Balaban J connectivity index is 1.94. The van der Waals surface area contributed by atoms with Gasteiger partial charge in [-0.15, -0.1) is 0 Å². The molecule has 2 amide bonds. The molecular formula is C15H11F5N2O2. The highest BCUT2D eigenvalue weighted by atomic mass is 19.4. The lowest BCUT2D eigenvalue weighted by atomic mass is 10.1. The maximum absolute atomic E-state index is 13.1. The van der Waals surface area contributed by atoms with Gasteiger partial charge in [-0.3, -0.25) is 0 Å². The van der Waals surface area contributed by atoms with Crippen LogP contribution >= 0.6 is 0 Å². The predicted octanol–water partition coefficient (Wildman–Crippen LogP) is 4.01. The maximum atomic E-state index is 13.1. The van der Waals surface area contributed by atoms with Crippen LogP contribution in [0.25, 0.3) is 0 Å². The molecular weight excluding hydrogens is 335 g/mol. The zero-order valence-electron chi connectivity index (χ0n) is 11.9. The Morgan fingerprint density at radius 2 is 1.58 bits per heavy atom. The summed E-state index contributed by atoms with van der Waals surface area (Å²) in [5, 5.41) is 13.4. The zero-order chi connectivity index (χ0) is 17.9. The molecule has 0 unspecified atom stereocenters. The molecule has 3 N–H and O–H groups in total. The summed E-state index contributed by atoms with van der Waals surface area (Å²) >= 11 is 0. The molecule has 0 radical (unpaired) electrons. The monoisotopic (exact) mass is 346 g/mol. The molecule has 9 heteroatoms. The number of urea groups is 1. The quantitative estimate of drug-likeness (QED) is 0.581. The van der Waals surface area contributed by atoms with Crippen LogP contribution in [0.4, 0.5) is 32.4 Å². The van der Waals surface area contributed by atoms with E-state index in [4.69, 9.17) is 5.11 Å². The molecule has 0 heterocycles. The van der Waals surface area contributed by atoms with E-state index in [-0.39, 0.29) is 12.2 Å². The van der Waals surface area contributed by atoms with Gasteiger partial charge in [-0.25, -0.2) is 13.6 Å². The van der Waals surface area contributed by atoms with Crippen molar-refractivity contribution in [2.75, 3.05) is 5.32 Å². The van der Waals surface area contributed by atoms with Crippen LogP contribution in [-0.4, -0.2) is 11.1 Å². The molecule has 0 fully saturated rings. The minimum atomic E-state index is -4.45. The van der Waals surface area contributed by atoms with E-state index < -0.39 is 35.2 Å². The number of anilines is 1. The molecule has 0 saturated heterocycles. The molecule has 0 spiro atoms. The summed E-state index contributed by atoms with van der Waals surface area (Å²) in [6.07, 6.45) is -4.45. The van der Waals surface area contributed by atoms with Crippen LogP contribution < -0.4 is 10.6 Å². The summed E-state index contributed by atoms with van der Waals surface area (Å²) < 4.78 is 63.5. The summed E-state index contributed by atoms with van der Waals surface area (Å²) in [6, 6.07) is 4.76. The van der Waals surface area contributed by atoms with Gasteiger partial charge in [-0.2, -0.15) is 13.2 Å². The van der Waals surface area contributed by atoms with E-state index in [1.807, 2.05) is 0 Å². The van der Waals surface area contributed by atoms with E-state index in [9.17, 15) is 26.7 Å². The van der Waals surface area contributed by atoms with E-state index in [1.165, 1.54) is 12.1 Å². The smallest absolute Gasteiger partial charge is 0.416 e. The van der Waals surface area contributed by atoms with Gasteiger partial charge in [0.1, 0.15) is 0 Å². The van der Waals surface area contributed by atoms with Gasteiger partial charge < -0.3 is 15.7 Å². The first kappa shape index (κ1) is 17.5. The lowest BCUT2D eigenvalue weighted by Gasteiger charge is -2.10. The molecule has 0 bridgehead atoms. The van der Waals surface area contributed by atoms with Crippen molar-refractivity contribution < 1.29 is 31.9 Å². The van der Waals surface area contributed by atoms with Crippen LogP contribution in [0.15, 0.2) is 36.4 Å². The van der Waals surface area contributed by atoms with E-state index in [1.54, 1.807) is 0 Å². The lowest BCUT2D eigenvalue weighted by Crippen LogP contribution is -2.28. The van der Waals surface area contributed by atoms with Crippen molar-refractivity contribution in [1.82, 2.24) is 5.32 Å². The molecule has 24 heavy (non-hydrogen) atoms. The second kappa shape index (κ2) is 6.73. The number of benzene rings is 2. The number of nitrogens with one attached hydrogen (secondary N) is 2. The van der Waals surface area contributed by atoms with Crippen molar-refractivity contribution in [3.05, 3.63) is 59.2 Å². The summed E-state index contributed by atoms with van der Waals surface area (Å²) in [7, 11) is 0. The highest BCUT2D eigenvalue weighted by molar-refractivity contribution is 5.89. The van der Waals surface area contributed by atoms with Gasteiger partial charge in [0.15, 0.2) is 17.4 Å². The van der Waals surface area contributed by atoms with Crippen LogP contribution in [0.3, 0.4) is 0 Å². The van der Waals surface area contributed by atoms with Crippen molar-refractivity contribution in [2.24, 2.45) is 0 Å². The lowest BCUT2D eigenvalue weighted by molar-refractivity contribution is -0.137. The summed E-state index contributed by atoms with van der Waals surface area (Å²) in [4.78, 5) is 11.6. The second-order valence-electron chi connectivity index (χ2n) is 4.79. The number of rotatable bonds is 3. The van der Waals surface area contributed by atoms with E-state index in [2.05, 4.69) is 10.6 Å². The Kier molecular flexibility index (Phi) is 4.91. The highest BCUT2D eigenvalue weighted by Crippen LogP contribution is 2.29. The number of halogens is 5. The van der Waals surface area contributed by atoms with Crippen LogP contribution in [0.5, 0.6) is 5.75 Å². The highest BCUT2D eigenvalue weighted by Gasteiger charge is 2.29. The normalized spacial score (nSPS) is 11.2. The molecule has 0 aromatic heterocycles. The third kappa shape index (κ3) is 4.34. The Hall–Kier alpha value is -2.84. The van der Waals surface area contributed by atoms with Gasteiger partial charge in [-0.1, -0.05) is 12.1 Å². The minimum Gasteiger partial charge on any atom is -0.503 e. The molecule has 2 aromatic carbocycles. The van der Waals surface area contributed by atoms with E-state index in [0.29, 0.717) is 5.56 Å². The predicted molar refractivity (Wildman–Crippen MR) is 75.3 cm³/mol. The summed E-state index contributed by atoms with van der Waals surface area (Å²) in [6.45, 7) is -0.0903. The molecule has 4 nitrogen and oxygen atoms in total. The number of carbonyl (C=O) groups excluding carboxylic acids is 1. The Morgan fingerprint density at radius 3 is 2.08 bits per heavy atom. The summed E-state index contributed by atoms with van der Waals surface area (Å²) in [5.41, 5.74) is -0.639. The fraction of sp³-hybridized carbons (Fsp3) is 0.133. The molecule has 0 saturated carbocycles. The number of aromatic hydroxyl groups is 1. The standard InChI is InChI=1S/C15H11F5N2O2/c16-11-5-10(6-12(17)13(11)23)22-14(24)21-7-8-1-3-9(4-2-8)15(18,19)20/h1-6,23H,7H2,(H2,21,22,24). The average Bonchev–Trinajstić information content (AvgIpc) is 2.50. The first-order chi connectivity index (χ1) is 11.2. The molecule has 0 aliphatic rings. The summed E-state index contributed by atoms with van der Waals surface area (Å²) in [5.74, 6) is -3.65. The molecule has 128 valence electrons. The largest absolute Gasteiger partial charge is 0.503 e. The number of amides is 2. The zero-order valence-corrected chi connectivity index (χ0v) is 11.9. The van der Waals surface area contributed by atoms with Gasteiger partial charge >= 0.3 is 12.2 Å².